The average Bonchev–Trinajstić information content (AvgIpc) is 3.36. The minimum Gasteiger partial charge on any atom is -0.436 e. The number of benzene rings is 4. The molecule has 0 spiro atoms. The maximum Gasteiger partial charge on any atom is 0.271 e. The van der Waals surface area contributed by atoms with Crippen molar-refractivity contribution in [1.29, 1.82) is 0 Å². The summed E-state index contributed by atoms with van der Waals surface area (Å²) in [6, 6.07) is 21.4. The lowest BCUT2D eigenvalue weighted by Crippen LogP contribution is -2.33. The second kappa shape index (κ2) is 10.4. The summed E-state index contributed by atoms with van der Waals surface area (Å²) in [4.78, 5) is 28.0. The van der Waals surface area contributed by atoms with Crippen LogP contribution in [0.2, 0.25) is 5.02 Å². The van der Waals surface area contributed by atoms with Crippen molar-refractivity contribution >= 4 is 44.0 Å². The van der Waals surface area contributed by atoms with Gasteiger partial charge in [0.15, 0.2) is 21.2 Å². The molecule has 0 aliphatic rings. The number of sulfone groups is 1. The van der Waals surface area contributed by atoms with Crippen molar-refractivity contribution in [3.05, 3.63) is 123 Å². The molecule has 1 aromatic heterocycles. The number of aromatic nitrogens is 1. The molecular weight excluding hydrogens is 547 g/mol. The monoisotopic (exact) mass is 564 g/mol. The van der Waals surface area contributed by atoms with Crippen LogP contribution >= 0.6 is 11.6 Å². The van der Waals surface area contributed by atoms with Crippen molar-refractivity contribution in [3.63, 3.8) is 0 Å². The van der Waals surface area contributed by atoms with Crippen molar-refractivity contribution in [1.82, 2.24) is 4.98 Å². The molecule has 1 unspecified atom stereocenters. The summed E-state index contributed by atoms with van der Waals surface area (Å²) in [5.41, 5.74) is 1.87. The highest BCUT2D eigenvalue weighted by atomic mass is 35.5. The normalized spacial score (nSPS) is 12.4. The van der Waals surface area contributed by atoms with Crippen LogP contribution in [0.4, 0.5) is 10.1 Å². The van der Waals surface area contributed by atoms with Crippen LogP contribution in [0.15, 0.2) is 100 Å². The van der Waals surface area contributed by atoms with Gasteiger partial charge in [0.2, 0.25) is 5.89 Å². The van der Waals surface area contributed by atoms with Gasteiger partial charge < -0.3 is 4.42 Å². The highest BCUT2D eigenvalue weighted by Crippen LogP contribution is 2.32. The molecule has 8 nitrogen and oxygen atoms in total. The summed E-state index contributed by atoms with van der Waals surface area (Å²) >= 11 is 6.16. The summed E-state index contributed by atoms with van der Waals surface area (Å²) in [5.74, 6) is -1.05. The Morgan fingerprint density at radius 1 is 1.00 bits per heavy atom. The molecule has 0 saturated carbocycles. The number of Topliss-reactive ketones (excluding diaryl/α,β-unsaturated/α-hetero) is 1. The number of nitrogens with zero attached hydrogens (tertiary/aromatic N) is 2. The molecule has 0 bridgehead atoms. The molecule has 0 radical (unpaired) electrons. The molecular formula is C28H18ClFN2O6S. The number of oxazole rings is 1. The first-order valence-electron chi connectivity index (χ1n) is 11.6. The number of nitro benzene ring substituents is 1. The Morgan fingerprint density at radius 2 is 1.74 bits per heavy atom. The van der Waals surface area contributed by atoms with Gasteiger partial charge in [0.05, 0.1) is 14.8 Å². The Morgan fingerprint density at radius 3 is 2.44 bits per heavy atom. The van der Waals surface area contributed by atoms with E-state index in [1.807, 2.05) is 12.1 Å². The van der Waals surface area contributed by atoms with Gasteiger partial charge in [-0.1, -0.05) is 35.9 Å². The minimum absolute atomic E-state index is 0.0156. The lowest BCUT2D eigenvalue weighted by molar-refractivity contribution is -0.384. The van der Waals surface area contributed by atoms with E-state index in [-0.39, 0.29) is 17.0 Å². The Bertz CT molecular complexity index is 1800. The van der Waals surface area contributed by atoms with Crippen LogP contribution in [-0.2, 0) is 16.3 Å². The van der Waals surface area contributed by atoms with Gasteiger partial charge in [-0.2, -0.15) is 0 Å². The predicted molar refractivity (Wildman–Crippen MR) is 143 cm³/mol. The smallest absolute Gasteiger partial charge is 0.271 e. The molecule has 0 aliphatic heterocycles. The van der Waals surface area contributed by atoms with Crippen LogP contribution in [0, 0.1) is 15.9 Å². The van der Waals surface area contributed by atoms with E-state index in [0.29, 0.717) is 28.1 Å². The van der Waals surface area contributed by atoms with E-state index in [4.69, 9.17) is 16.0 Å². The molecule has 39 heavy (non-hydrogen) atoms. The largest absolute Gasteiger partial charge is 0.436 e. The molecule has 0 saturated heterocycles. The van der Waals surface area contributed by atoms with Crippen LogP contribution in [-0.4, -0.2) is 29.4 Å². The number of non-ortho nitro benzene ring substituents is 1. The third-order valence-corrected chi connectivity index (χ3v) is 8.64. The summed E-state index contributed by atoms with van der Waals surface area (Å²) in [6.45, 7) is 0. The quantitative estimate of drug-likeness (QED) is 0.120. The summed E-state index contributed by atoms with van der Waals surface area (Å²) in [5, 5.41) is 9.06. The fraction of sp³-hybridized carbons (Fsp3) is 0.0714. The third-order valence-electron chi connectivity index (χ3n) is 6.12. The fourth-order valence-corrected chi connectivity index (χ4v) is 6.39. The van der Waals surface area contributed by atoms with E-state index >= 15 is 0 Å². The number of para-hydroxylation sites is 2. The maximum atomic E-state index is 13.8. The third kappa shape index (κ3) is 5.29. The molecule has 0 amide bonds. The van der Waals surface area contributed by atoms with Crippen molar-refractivity contribution in [2.24, 2.45) is 0 Å². The highest BCUT2D eigenvalue weighted by Gasteiger charge is 2.36. The lowest BCUT2D eigenvalue weighted by atomic mass is 10.0. The minimum atomic E-state index is -4.46. The predicted octanol–water partition coefficient (Wildman–Crippen LogP) is 6.46. The first kappa shape index (κ1) is 26.2. The average molecular weight is 565 g/mol. The number of hydrogen-bond acceptors (Lipinski definition) is 7. The molecule has 196 valence electrons. The Hall–Kier alpha value is -4.41. The molecule has 1 atom stereocenters. The van der Waals surface area contributed by atoms with E-state index in [1.54, 1.807) is 36.4 Å². The van der Waals surface area contributed by atoms with Crippen molar-refractivity contribution < 1.29 is 26.9 Å². The number of hydrogen-bond donors (Lipinski definition) is 0. The van der Waals surface area contributed by atoms with Gasteiger partial charge in [-0.05, 0) is 66.6 Å². The van der Waals surface area contributed by atoms with Crippen LogP contribution in [0.1, 0.15) is 15.9 Å². The molecule has 5 rings (SSSR count). The number of halogens is 2. The second-order valence-electron chi connectivity index (χ2n) is 8.67. The van der Waals surface area contributed by atoms with Crippen molar-refractivity contribution in [2.45, 2.75) is 16.6 Å². The second-order valence-corrected chi connectivity index (χ2v) is 11.2. The topological polar surface area (TPSA) is 120 Å². The molecule has 0 aliphatic carbocycles. The van der Waals surface area contributed by atoms with Crippen LogP contribution in [0.25, 0.3) is 22.6 Å². The van der Waals surface area contributed by atoms with E-state index in [2.05, 4.69) is 4.98 Å². The van der Waals surface area contributed by atoms with Gasteiger partial charge in [0.1, 0.15) is 16.6 Å². The standard InChI is InChI=1S/C28H18ClFN2O6S/c29-22-16-21(32(34)35)12-13-25(22)39(36,37)26(27(33)18-8-10-20(30)11-9-18)15-17-4-3-5-19(14-17)28-31-23-6-1-2-7-24(23)38-28/h1-14,16,26H,15H2. The maximum absolute atomic E-state index is 13.8. The van der Waals surface area contributed by atoms with Gasteiger partial charge in [0, 0.05) is 23.3 Å². The number of nitro groups is 1. The van der Waals surface area contributed by atoms with Gasteiger partial charge in [-0.25, -0.2) is 17.8 Å². The lowest BCUT2D eigenvalue weighted by Gasteiger charge is -2.18. The number of fused-ring (bicyclic) bond motifs is 1. The number of carbonyl (C=O) groups is 1. The summed E-state index contributed by atoms with van der Waals surface area (Å²) < 4.78 is 47.0. The molecule has 1 heterocycles. The highest BCUT2D eigenvalue weighted by molar-refractivity contribution is 7.93. The number of carbonyl (C=O) groups excluding carboxylic acids is 1. The molecule has 0 fully saturated rings. The first-order chi connectivity index (χ1) is 18.6. The molecule has 11 heteroatoms. The van der Waals surface area contributed by atoms with Gasteiger partial charge in [-0.15, -0.1) is 0 Å². The summed E-state index contributed by atoms with van der Waals surface area (Å²) in [7, 11) is -4.46. The van der Waals surface area contributed by atoms with E-state index in [1.165, 1.54) is 12.1 Å². The zero-order valence-corrected chi connectivity index (χ0v) is 21.5. The SMILES string of the molecule is O=C(c1ccc(F)cc1)C(Cc1cccc(-c2nc3ccccc3o2)c1)S(=O)(=O)c1ccc([N+](=O)[O-])cc1Cl. The Labute approximate surface area is 226 Å². The first-order valence-corrected chi connectivity index (χ1v) is 13.5. The molecule has 4 aromatic carbocycles. The van der Waals surface area contributed by atoms with E-state index in [9.17, 15) is 27.7 Å². The van der Waals surface area contributed by atoms with E-state index < -0.39 is 42.2 Å². The zero-order valence-electron chi connectivity index (χ0n) is 20.0. The van der Waals surface area contributed by atoms with Crippen LogP contribution < -0.4 is 0 Å². The summed E-state index contributed by atoms with van der Waals surface area (Å²) in [6.07, 6.45) is -0.264. The number of ketones is 1. The van der Waals surface area contributed by atoms with Crippen molar-refractivity contribution in [3.8, 4) is 11.5 Å². The Balaban J connectivity index is 1.57. The fourth-order valence-electron chi connectivity index (χ4n) is 4.17. The van der Waals surface area contributed by atoms with E-state index in [0.717, 1.165) is 30.3 Å². The van der Waals surface area contributed by atoms with Gasteiger partial charge in [0.25, 0.3) is 5.69 Å². The number of rotatable bonds is 8. The molecule has 0 N–H and O–H groups in total. The van der Waals surface area contributed by atoms with Crippen LogP contribution in [0.3, 0.4) is 0 Å². The van der Waals surface area contributed by atoms with Gasteiger partial charge in [-0.3, -0.25) is 14.9 Å². The zero-order chi connectivity index (χ0) is 27.7. The molecule has 5 aromatic rings. The van der Waals surface area contributed by atoms with Gasteiger partial charge >= 0.3 is 0 Å². The van der Waals surface area contributed by atoms with Crippen LogP contribution in [0.5, 0.6) is 0 Å². The van der Waals surface area contributed by atoms with Crippen molar-refractivity contribution in [2.75, 3.05) is 0 Å². The Kier molecular flexibility index (Phi) is 6.98.